The van der Waals surface area contributed by atoms with Crippen LogP contribution in [-0.4, -0.2) is 61.4 Å². The zero-order chi connectivity index (χ0) is 27.8. The van der Waals surface area contributed by atoms with E-state index in [2.05, 4.69) is 26.2 Å². The molecule has 1 fully saturated rings. The number of aromatic nitrogens is 5. The molecule has 6 rings (SSSR count). The fourth-order valence-corrected chi connectivity index (χ4v) is 5.03. The van der Waals surface area contributed by atoms with Crippen LogP contribution in [0, 0.1) is 23.0 Å². The van der Waals surface area contributed by atoms with E-state index in [9.17, 15) is 18.8 Å². The number of carbonyl (C=O) groups is 1. The second-order valence-electron chi connectivity index (χ2n) is 9.66. The minimum Gasteiger partial charge on any atom is -0.353 e. The van der Waals surface area contributed by atoms with Crippen LogP contribution in [0.25, 0.3) is 27.8 Å². The quantitative estimate of drug-likeness (QED) is 0.338. The number of nitrogens with zero attached hydrogens (tertiary/aromatic N) is 8. The van der Waals surface area contributed by atoms with Gasteiger partial charge in [-0.3, -0.25) is 9.48 Å². The lowest BCUT2D eigenvalue weighted by molar-refractivity contribution is -0.130. The molecule has 0 saturated carbocycles. The average molecular weight is 539 g/mol. The summed E-state index contributed by atoms with van der Waals surface area (Å²) in [5.74, 6) is -0.974. The Morgan fingerprint density at radius 2 is 1.73 bits per heavy atom. The number of halogens is 2. The maximum Gasteiger partial charge on any atom is 0.227 e. The number of fused-ring (bicyclic) bond motifs is 1. The van der Waals surface area contributed by atoms with E-state index in [0.29, 0.717) is 37.3 Å². The number of amides is 1. The molecule has 11 heteroatoms. The number of aryl methyl sites for hydroxylation is 1. The number of hydrogen-bond donors (Lipinski definition) is 0. The van der Waals surface area contributed by atoms with Crippen molar-refractivity contribution in [3.63, 3.8) is 0 Å². The highest BCUT2D eigenvalue weighted by atomic mass is 19.1. The van der Waals surface area contributed by atoms with Crippen molar-refractivity contribution in [1.29, 1.82) is 5.26 Å². The van der Waals surface area contributed by atoms with Crippen LogP contribution in [0.2, 0.25) is 0 Å². The van der Waals surface area contributed by atoms with E-state index >= 15 is 0 Å². The lowest BCUT2D eigenvalue weighted by Gasteiger charge is -2.35. The van der Waals surface area contributed by atoms with E-state index in [-0.39, 0.29) is 17.9 Å². The summed E-state index contributed by atoms with van der Waals surface area (Å²) in [6.45, 7) is 1.93. The lowest BCUT2D eigenvalue weighted by Crippen LogP contribution is -2.49. The Morgan fingerprint density at radius 3 is 2.38 bits per heavy atom. The molecule has 1 aliphatic rings. The summed E-state index contributed by atoms with van der Waals surface area (Å²) in [6, 6.07) is 11.7. The van der Waals surface area contributed by atoms with Gasteiger partial charge in [0.2, 0.25) is 5.91 Å². The Bertz CT molecular complexity index is 1740. The van der Waals surface area contributed by atoms with Gasteiger partial charge >= 0.3 is 0 Å². The van der Waals surface area contributed by atoms with Crippen molar-refractivity contribution in [2.24, 2.45) is 7.05 Å². The molecule has 0 atom stereocenters. The van der Waals surface area contributed by atoms with Gasteiger partial charge in [0.1, 0.15) is 23.5 Å². The number of anilines is 1. The van der Waals surface area contributed by atoms with Gasteiger partial charge in [-0.25, -0.2) is 18.3 Å². The normalized spacial score (nSPS) is 13.6. The zero-order valence-corrected chi connectivity index (χ0v) is 21.6. The smallest absolute Gasteiger partial charge is 0.227 e. The highest BCUT2D eigenvalue weighted by Crippen LogP contribution is 2.32. The molecule has 0 aliphatic carbocycles. The van der Waals surface area contributed by atoms with E-state index < -0.39 is 11.6 Å². The third kappa shape index (κ3) is 4.64. The average Bonchev–Trinajstić information content (AvgIpc) is 3.60. The number of piperazine rings is 1. The SMILES string of the molecule is Cn1cc(-c2cc(-c3ccc(N4CCN(C(=O)Cc5c(F)cccc5F)CC4)nc3)c3c(C#N)cnn3c2)cn1. The maximum atomic E-state index is 14.0. The van der Waals surface area contributed by atoms with Gasteiger partial charge in [0.05, 0.1) is 29.9 Å². The van der Waals surface area contributed by atoms with Crippen LogP contribution in [0.3, 0.4) is 0 Å². The minimum absolute atomic E-state index is 0.202. The van der Waals surface area contributed by atoms with Gasteiger partial charge in [0.25, 0.3) is 0 Å². The van der Waals surface area contributed by atoms with Crippen LogP contribution in [0.4, 0.5) is 14.6 Å². The molecule has 5 aromatic rings. The van der Waals surface area contributed by atoms with Gasteiger partial charge < -0.3 is 9.80 Å². The molecule has 0 unspecified atom stereocenters. The van der Waals surface area contributed by atoms with Crippen molar-refractivity contribution in [3.8, 4) is 28.3 Å². The van der Waals surface area contributed by atoms with Crippen LogP contribution in [0.15, 0.2) is 67.4 Å². The Labute approximate surface area is 228 Å². The summed E-state index contributed by atoms with van der Waals surface area (Å²) in [7, 11) is 1.85. The summed E-state index contributed by atoms with van der Waals surface area (Å²) in [5.41, 5.74) is 4.45. The zero-order valence-electron chi connectivity index (χ0n) is 21.6. The first kappa shape index (κ1) is 25.2. The molecule has 0 radical (unpaired) electrons. The largest absolute Gasteiger partial charge is 0.353 e. The van der Waals surface area contributed by atoms with Gasteiger partial charge in [-0.2, -0.15) is 15.5 Å². The molecule has 1 aliphatic heterocycles. The third-order valence-electron chi connectivity index (χ3n) is 7.18. The standard InChI is InChI=1S/C29H24F2N8O/c1-36-17-22(16-34-36)20-11-23(29-21(13-32)15-35-39(29)18-20)19-5-6-27(33-14-19)37-7-9-38(10-8-37)28(40)12-24-25(30)3-2-4-26(24)31/h2-6,11,14-18H,7-10,12H2,1H3. The summed E-state index contributed by atoms with van der Waals surface area (Å²) in [5, 5.41) is 18.3. The van der Waals surface area contributed by atoms with Gasteiger partial charge in [0, 0.05) is 79.6 Å². The van der Waals surface area contributed by atoms with Crippen molar-refractivity contribution < 1.29 is 13.6 Å². The molecule has 4 aromatic heterocycles. The first-order valence-corrected chi connectivity index (χ1v) is 12.7. The third-order valence-corrected chi connectivity index (χ3v) is 7.18. The van der Waals surface area contributed by atoms with Gasteiger partial charge in [-0.05, 0) is 30.3 Å². The van der Waals surface area contributed by atoms with Crippen molar-refractivity contribution in [3.05, 3.63) is 90.1 Å². The number of pyridine rings is 2. The molecule has 40 heavy (non-hydrogen) atoms. The topological polar surface area (TPSA) is 95.3 Å². The first-order valence-electron chi connectivity index (χ1n) is 12.7. The van der Waals surface area contributed by atoms with Crippen LogP contribution in [0.5, 0.6) is 0 Å². The van der Waals surface area contributed by atoms with Crippen molar-refractivity contribution in [2.45, 2.75) is 6.42 Å². The number of carbonyl (C=O) groups excluding carboxylic acids is 1. The molecular formula is C29H24F2N8O. The Balaban J connectivity index is 1.20. The number of rotatable bonds is 5. The second kappa shape index (κ2) is 10.2. The minimum atomic E-state index is -0.711. The molecule has 1 saturated heterocycles. The maximum absolute atomic E-state index is 14.0. The summed E-state index contributed by atoms with van der Waals surface area (Å²) in [6.07, 6.45) is 8.58. The highest BCUT2D eigenvalue weighted by Gasteiger charge is 2.24. The van der Waals surface area contributed by atoms with Crippen LogP contribution in [-0.2, 0) is 18.3 Å². The fraction of sp³-hybridized carbons (Fsp3) is 0.207. The van der Waals surface area contributed by atoms with Gasteiger partial charge in [-0.1, -0.05) is 6.07 Å². The molecule has 0 N–H and O–H groups in total. The molecule has 0 spiro atoms. The Kier molecular flexibility index (Phi) is 6.43. The highest BCUT2D eigenvalue weighted by molar-refractivity contribution is 5.87. The van der Waals surface area contributed by atoms with Crippen molar-refractivity contribution in [2.75, 3.05) is 31.1 Å². The Morgan fingerprint density at radius 1 is 0.950 bits per heavy atom. The second-order valence-corrected chi connectivity index (χ2v) is 9.66. The van der Waals surface area contributed by atoms with Crippen LogP contribution >= 0.6 is 0 Å². The van der Waals surface area contributed by atoms with Crippen molar-refractivity contribution >= 4 is 17.2 Å². The van der Waals surface area contributed by atoms with E-state index in [1.807, 2.05) is 37.6 Å². The molecule has 5 heterocycles. The van der Waals surface area contributed by atoms with E-state index in [1.54, 1.807) is 32.7 Å². The molecule has 1 aromatic carbocycles. The predicted molar refractivity (Wildman–Crippen MR) is 144 cm³/mol. The fourth-order valence-electron chi connectivity index (χ4n) is 5.03. The van der Waals surface area contributed by atoms with Crippen LogP contribution < -0.4 is 4.90 Å². The molecular weight excluding hydrogens is 514 g/mol. The summed E-state index contributed by atoms with van der Waals surface area (Å²) >= 11 is 0. The number of benzene rings is 1. The van der Waals surface area contributed by atoms with E-state index in [0.717, 1.165) is 40.2 Å². The molecule has 200 valence electrons. The summed E-state index contributed by atoms with van der Waals surface area (Å²) < 4.78 is 31.4. The van der Waals surface area contributed by atoms with E-state index in [1.165, 1.54) is 6.07 Å². The summed E-state index contributed by atoms with van der Waals surface area (Å²) in [4.78, 5) is 21.1. The Hall–Kier alpha value is -5.11. The lowest BCUT2D eigenvalue weighted by atomic mass is 10.0. The molecule has 1 amide bonds. The first-order chi connectivity index (χ1) is 19.4. The number of nitriles is 1. The van der Waals surface area contributed by atoms with Crippen molar-refractivity contribution in [1.82, 2.24) is 29.3 Å². The van der Waals surface area contributed by atoms with Crippen LogP contribution in [0.1, 0.15) is 11.1 Å². The molecule has 0 bridgehead atoms. The molecule has 9 nitrogen and oxygen atoms in total. The monoisotopic (exact) mass is 538 g/mol. The predicted octanol–water partition coefficient (Wildman–Crippen LogP) is 3.84. The number of hydrogen-bond acceptors (Lipinski definition) is 6. The van der Waals surface area contributed by atoms with Gasteiger partial charge in [0.15, 0.2) is 0 Å². The van der Waals surface area contributed by atoms with Gasteiger partial charge in [-0.15, -0.1) is 0 Å². The van der Waals surface area contributed by atoms with E-state index in [4.69, 9.17) is 0 Å².